The van der Waals surface area contributed by atoms with Crippen molar-refractivity contribution in [2.24, 2.45) is 5.10 Å². The molecule has 0 aromatic heterocycles. The maximum atomic E-state index is 13.4. The van der Waals surface area contributed by atoms with E-state index >= 15 is 0 Å². The van der Waals surface area contributed by atoms with E-state index in [4.69, 9.17) is 0 Å². The highest BCUT2D eigenvalue weighted by Gasteiger charge is 2.37. The summed E-state index contributed by atoms with van der Waals surface area (Å²) >= 11 is 0. The van der Waals surface area contributed by atoms with Gasteiger partial charge in [0.15, 0.2) is 0 Å². The molecule has 2 amide bonds. The number of carbonyl (C=O) groups is 2. The molecule has 0 radical (unpaired) electrons. The Bertz CT molecular complexity index is 688. The molecule has 1 aromatic rings. The van der Waals surface area contributed by atoms with Crippen LogP contribution in [-0.2, 0) is 16.1 Å². The van der Waals surface area contributed by atoms with E-state index in [0.29, 0.717) is 37.2 Å². The second-order valence-electron chi connectivity index (χ2n) is 8.07. The Labute approximate surface area is 161 Å². The molecule has 1 aliphatic heterocycles. The molecule has 0 saturated heterocycles. The second-order valence-corrected chi connectivity index (χ2v) is 8.07. The lowest BCUT2D eigenvalue weighted by molar-refractivity contribution is -0.133. The van der Waals surface area contributed by atoms with Crippen molar-refractivity contribution in [2.75, 3.05) is 0 Å². The minimum Gasteiger partial charge on any atom is -0.332 e. The Morgan fingerprint density at radius 2 is 1.56 bits per heavy atom. The van der Waals surface area contributed by atoms with Gasteiger partial charge in [0.1, 0.15) is 5.71 Å². The van der Waals surface area contributed by atoms with Gasteiger partial charge in [-0.2, -0.15) is 5.10 Å². The number of carbonyl (C=O) groups excluding carboxylic acids is 2. The van der Waals surface area contributed by atoms with Crippen molar-refractivity contribution in [1.29, 1.82) is 0 Å². The van der Waals surface area contributed by atoms with E-state index < -0.39 is 0 Å². The summed E-state index contributed by atoms with van der Waals surface area (Å²) in [6, 6.07) is 10.6. The molecule has 27 heavy (non-hydrogen) atoms. The van der Waals surface area contributed by atoms with Gasteiger partial charge in [-0.1, -0.05) is 56.0 Å². The highest BCUT2D eigenvalue weighted by molar-refractivity contribution is 6.39. The van der Waals surface area contributed by atoms with E-state index in [9.17, 15) is 9.59 Å². The molecule has 2 aliphatic carbocycles. The van der Waals surface area contributed by atoms with Crippen molar-refractivity contribution in [1.82, 2.24) is 9.91 Å². The van der Waals surface area contributed by atoms with Gasteiger partial charge in [-0.15, -0.1) is 0 Å². The summed E-state index contributed by atoms with van der Waals surface area (Å²) in [4.78, 5) is 27.9. The molecule has 4 rings (SSSR count). The Kier molecular flexibility index (Phi) is 5.55. The van der Waals surface area contributed by atoms with Crippen LogP contribution in [0.1, 0.15) is 69.8 Å². The van der Waals surface area contributed by atoms with Crippen molar-refractivity contribution < 1.29 is 9.59 Å². The first-order chi connectivity index (χ1) is 13.2. The third-order valence-electron chi connectivity index (χ3n) is 6.20. The molecule has 5 nitrogen and oxygen atoms in total. The zero-order valence-electron chi connectivity index (χ0n) is 16.0. The largest absolute Gasteiger partial charge is 0.332 e. The number of nitrogens with zero attached hydrogens (tertiary/aromatic N) is 3. The lowest BCUT2D eigenvalue weighted by Gasteiger charge is -2.36. The average molecular weight is 367 g/mol. The van der Waals surface area contributed by atoms with E-state index in [1.807, 2.05) is 30.3 Å². The molecular weight excluding hydrogens is 338 g/mol. The highest BCUT2D eigenvalue weighted by atomic mass is 16.2. The van der Waals surface area contributed by atoms with Crippen LogP contribution in [0.3, 0.4) is 0 Å². The summed E-state index contributed by atoms with van der Waals surface area (Å²) in [5, 5.41) is 6.02. The normalized spacial score (nSPS) is 21.6. The molecular formula is C22H29N3O2. The van der Waals surface area contributed by atoms with Crippen LogP contribution in [-0.4, -0.2) is 39.5 Å². The van der Waals surface area contributed by atoms with Crippen LogP contribution < -0.4 is 0 Å². The molecule has 0 bridgehead atoms. The van der Waals surface area contributed by atoms with Gasteiger partial charge in [-0.25, -0.2) is 5.01 Å². The van der Waals surface area contributed by atoms with Crippen molar-refractivity contribution in [3.63, 3.8) is 0 Å². The Morgan fingerprint density at radius 1 is 0.963 bits per heavy atom. The summed E-state index contributed by atoms with van der Waals surface area (Å²) in [5.74, 6) is 0.0862. The number of benzene rings is 1. The van der Waals surface area contributed by atoms with E-state index in [-0.39, 0.29) is 11.8 Å². The number of amides is 2. The third kappa shape index (κ3) is 4.07. The second kappa shape index (κ2) is 8.24. The van der Waals surface area contributed by atoms with Gasteiger partial charge in [0.25, 0.3) is 5.91 Å². The van der Waals surface area contributed by atoms with Crippen molar-refractivity contribution in [2.45, 2.75) is 82.8 Å². The standard InChI is InChI=1S/C22H29N3O2/c26-21-15-14-20(23-24(21)16-17-8-2-1-3-9-17)22(27)25(18-10-4-5-11-18)19-12-6-7-13-19/h1-3,8-9,18-19H,4-7,10-16H2. The van der Waals surface area contributed by atoms with Gasteiger partial charge < -0.3 is 4.90 Å². The fourth-order valence-corrected chi connectivity index (χ4v) is 4.78. The maximum Gasteiger partial charge on any atom is 0.270 e. The van der Waals surface area contributed by atoms with E-state index in [0.717, 1.165) is 31.2 Å². The van der Waals surface area contributed by atoms with Gasteiger partial charge in [-0.3, -0.25) is 9.59 Å². The van der Waals surface area contributed by atoms with Crippen LogP contribution >= 0.6 is 0 Å². The topological polar surface area (TPSA) is 53.0 Å². The molecule has 1 heterocycles. The van der Waals surface area contributed by atoms with Crippen LogP contribution in [0, 0.1) is 0 Å². The molecule has 0 spiro atoms. The average Bonchev–Trinajstić information content (AvgIpc) is 3.39. The maximum absolute atomic E-state index is 13.4. The van der Waals surface area contributed by atoms with Gasteiger partial charge in [-0.05, 0) is 31.2 Å². The zero-order chi connectivity index (χ0) is 18.6. The molecule has 0 atom stereocenters. The fraction of sp³-hybridized carbons (Fsp3) is 0.591. The fourth-order valence-electron chi connectivity index (χ4n) is 4.78. The van der Waals surface area contributed by atoms with Crippen LogP contribution in [0.4, 0.5) is 0 Å². The monoisotopic (exact) mass is 367 g/mol. The first-order valence-electron chi connectivity index (χ1n) is 10.5. The smallest absolute Gasteiger partial charge is 0.270 e. The minimum absolute atomic E-state index is 0.00341. The van der Waals surface area contributed by atoms with E-state index in [1.54, 1.807) is 0 Å². The quantitative estimate of drug-likeness (QED) is 0.793. The third-order valence-corrected chi connectivity index (χ3v) is 6.20. The van der Waals surface area contributed by atoms with Crippen LogP contribution in [0.5, 0.6) is 0 Å². The van der Waals surface area contributed by atoms with E-state index in [1.165, 1.54) is 30.7 Å². The van der Waals surface area contributed by atoms with E-state index in [2.05, 4.69) is 10.0 Å². The molecule has 2 fully saturated rings. The summed E-state index contributed by atoms with van der Waals surface area (Å²) in [6.07, 6.45) is 10.2. The number of hydrogen-bond acceptors (Lipinski definition) is 3. The minimum atomic E-state index is 0.00341. The molecule has 0 N–H and O–H groups in total. The molecule has 0 unspecified atom stereocenters. The van der Waals surface area contributed by atoms with Crippen molar-refractivity contribution >= 4 is 17.5 Å². The Balaban J connectivity index is 1.54. The summed E-state index contributed by atoms with van der Waals surface area (Å²) in [6.45, 7) is 0.434. The summed E-state index contributed by atoms with van der Waals surface area (Å²) < 4.78 is 0. The number of hydrazone groups is 1. The van der Waals surface area contributed by atoms with Gasteiger partial charge >= 0.3 is 0 Å². The lowest BCUT2D eigenvalue weighted by Crippen LogP contribution is -2.49. The van der Waals surface area contributed by atoms with Crippen molar-refractivity contribution in [3.8, 4) is 0 Å². The molecule has 1 aromatic carbocycles. The molecule has 2 saturated carbocycles. The predicted octanol–water partition coefficient (Wildman–Crippen LogP) is 3.88. The SMILES string of the molecule is O=C1CCC(C(=O)N(C2CCCC2)C2CCCC2)=NN1Cc1ccccc1. The highest BCUT2D eigenvalue weighted by Crippen LogP contribution is 2.32. The Morgan fingerprint density at radius 3 is 2.15 bits per heavy atom. The Hall–Kier alpha value is -2.17. The molecule has 5 heteroatoms. The predicted molar refractivity (Wildman–Crippen MR) is 105 cm³/mol. The first kappa shape index (κ1) is 18.2. The zero-order valence-corrected chi connectivity index (χ0v) is 16.0. The number of hydrogen-bond donors (Lipinski definition) is 0. The first-order valence-corrected chi connectivity index (χ1v) is 10.5. The van der Waals surface area contributed by atoms with Gasteiger partial charge in [0.05, 0.1) is 6.54 Å². The van der Waals surface area contributed by atoms with Gasteiger partial charge in [0, 0.05) is 24.9 Å². The van der Waals surface area contributed by atoms with Crippen LogP contribution in [0.15, 0.2) is 35.4 Å². The molecule has 144 valence electrons. The summed E-state index contributed by atoms with van der Waals surface area (Å²) in [5.41, 5.74) is 1.61. The number of rotatable bonds is 5. The van der Waals surface area contributed by atoms with Crippen molar-refractivity contribution in [3.05, 3.63) is 35.9 Å². The van der Waals surface area contributed by atoms with Gasteiger partial charge in [0.2, 0.25) is 5.91 Å². The summed E-state index contributed by atoms with van der Waals surface area (Å²) in [7, 11) is 0. The van der Waals surface area contributed by atoms with Crippen LogP contribution in [0.2, 0.25) is 0 Å². The van der Waals surface area contributed by atoms with Crippen LogP contribution in [0.25, 0.3) is 0 Å². The lowest BCUT2D eigenvalue weighted by atomic mass is 10.0. The molecule has 3 aliphatic rings.